The first kappa shape index (κ1) is 21.5. The summed E-state index contributed by atoms with van der Waals surface area (Å²) in [5.41, 5.74) is 0.680. The van der Waals surface area contributed by atoms with Gasteiger partial charge < -0.3 is 29.5 Å². The zero-order valence-corrected chi connectivity index (χ0v) is 18.2. The molecule has 2 fully saturated rings. The summed E-state index contributed by atoms with van der Waals surface area (Å²) in [5, 5.41) is 20.0. The van der Waals surface area contributed by atoms with E-state index < -0.39 is 16.7 Å². The molecular weight excluding hydrogens is 428 g/mol. The molecule has 0 saturated carbocycles. The van der Waals surface area contributed by atoms with Gasteiger partial charge in [-0.25, -0.2) is 0 Å². The number of nitrogens with zero attached hydrogens (tertiary/aromatic N) is 4. The van der Waals surface area contributed by atoms with Crippen LogP contribution in [0.4, 0.5) is 11.4 Å². The second-order valence-electron chi connectivity index (χ2n) is 8.98. The minimum Gasteiger partial charge on any atom is -0.733 e. The maximum atomic E-state index is 13.4. The average molecular weight is 453 g/mol. The van der Waals surface area contributed by atoms with Crippen molar-refractivity contribution in [2.45, 2.75) is 25.3 Å². The fourth-order valence-corrected chi connectivity index (χ4v) is 5.40. The number of hydrogen-bond donors (Lipinski definition) is 1. The molecule has 1 aromatic heterocycles. The predicted octanol–water partition coefficient (Wildman–Crippen LogP) is 1.55. The van der Waals surface area contributed by atoms with E-state index >= 15 is 0 Å². The van der Waals surface area contributed by atoms with E-state index in [0.29, 0.717) is 31.9 Å². The van der Waals surface area contributed by atoms with Crippen LogP contribution in [0.1, 0.15) is 24.5 Å². The van der Waals surface area contributed by atoms with Gasteiger partial charge in [-0.05, 0) is 48.7 Å². The molecule has 0 spiro atoms. The zero-order valence-electron chi connectivity index (χ0n) is 18.2. The zero-order chi connectivity index (χ0) is 23.3. The number of aromatic nitrogens is 1. The lowest BCUT2D eigenvalue weighted by molar-refractivity contribution is -0.138. The van der Waals surface area contributed by atoms with Gasteiger partial charge in [-0.15, -0.1) is 0 Å². The third-order valence-corrected chi connectivity index (χ3v) is 6.96. The summed E-state index contributed by atoms with van der Waals surface area (Å²) >= 11 is 0. The summed E-state index contributed by atoms with van der Waals surface area (Å²) in [6.45, 7) is 1.68. The van der Waals surface area contributed by atoms with E-state index in [-0.39, 0.29) is 35.8 Å². The largest absolute Gasteiger partial charge is 0.733 e. The van der Waals surface area contributed by atoms with E-state index in [0.717, 1.165) is 17.8 Å². The predicted molar refractivity (Wildman–Crippen MR) is 119 cm³/mol. The van der Waals surface area contributed by atoms with E-state index in [1.54, 1.807) is 34.8 Å². The Balaban J connectivity index is 1.31. The van der Waals surface area contributed by atoms with Crippen LogP contribution in [0.3, 0.4) is 0 Å². The molecule has 2 saturated heterocycles. The van der Waals surface area contributed by atoms with Crippen LogP contribution < -0.4 is 20.4 Å². The minimum atomic E-state index is -0.518. The summed E-state index contributed by atoms with van der Waals surface area (Å²) in [6, 6.07) is 10.2. The summed E-state index contributed by atoms with van der Waals surface area (Å²) in [5.74, 6) is 0.213. The number of anilines is 2. The molecule has 3 atom stereocenters. The first-order valence-electron chi connectivity index (χ1n) is 11.0. The number of benzene rings is 1. The standard InChI is InChI=1S/C23H25N4O6/c1-33-18-4-2-17(3-5-18)25-13-16(9-21(25)28)22(29)24-10-14-8-15(12-24)19-6-7-20(27(31)32)23(30)26(19)11-14/h2-7,14-16,31H,8-13H2,1H3/q-1. The molecule has 10 nitrogen and oxygen atoms in total. The summed E-state index contributed by atoms with van der Waals surface area (Å²) < 4.78 is 6.71. The van der Waals surface area contributed by atoms with Crippen molar-refractivity contribution in [3.05, 3.63) is 57.7 Å². The van der Waals surface area contributed by atoms with Crippen LogP contribution >= 0.6 is 0 Å². The van der Waals surface area contributed by atoms with Crippen molar-refractivity contribution in [2.24, 2.45) is 11.8 Å². The van der Waals surface area contributed by atoms with Gasteiger partial charge >= 0.3 is 0 Å². The number of piperidine rings is 1. The van der Waals surface area contributed by atoms with Crippen molar-refractivity contribution >= 4 is 23.2 Å². The molecule has 174 valence electrons. The Morgan fingerprint density at radius 1 is 1.09 bits per heavy atom. The number of fused-ring (bicyclic) bond motifs is 4. The lowest BCUT2D eigenvalue weighted by Gasteiger charge is -2.43. The lowest BCUT2D eigenvalue weighted by atomic mass is 9.82. The molecule has 1 N–H and O–H groups in total. The normalized spacial score (nSPS) is 24.0. The van der Waals surface area contributed by atoms with E-state index in [4.69, 9.17) is 4.74 Å². The van der Waals surface area contributed by atoms with Crippen molar-refractivity contribution in [3.63, 3.8) is 0 Å². The second kappa shape index (κ2) is 8.20. The Morgan fingerprint density at radius 2 is 1.85 bits per heavy atom. The van der Waals surface area contributed by atoms with Crippen LogP contribution in [0.5, 0.6) is 5.75 Å². The van der Waals surface area contributed by atoms with E-state index in [2.05, 4.69) is 0 Å². The maximum absolute atomic E-state index is 13.4. The molecule has 1 aromatic carbocycles. The topological polar surface area (TPSA) is 118 Å². The number of hydrogen-bond acceptors (Lipinski definition) is 7. The highest BCUT2D eigenvalue weighted by atomic mass is 16.8. The fraction of sp³-hybridized carbons (Fsp3) is 0.435. The molecule has 33 heavy (non-hydrogen) atoms. The van der Waals surface area contributed by atoms with Crippen molar-refractivity contribution in [1.29, 1.82) is 0 Å². The van der Waals surface area contributed by atoms with Crippen LogP contribution in [-0.4, -0.2) is 53.2 Å². The smallest absolute Gasteiger partial charge is 0.275 e. The summed E-state index contributed by atoms with van der Waals surface area (Å²) in [7, 11) is 1.58. The van der Waals surface area contributed by atoms with Gasteiger partial charge in [0.2, 0.25) is 11.8 Å². The van der Waals surface area contributed by atoms with Crippen molar-refractivity contribution in [1.82, 2.24) is 9.47 Å². The van der Waals surface area contributed by atoms with Crippen LogP contribution in [0, 0.1) is 17.0 Å². The Labute approximate surface area is 190 Å². The van der Waals surface area contributed by atoms with Crippen LogP contribution in [0.25, 0.3) is 0 Å². The fourth-order valence-electron chi connectivity index (χ4n) is 5.40. The molecule has 3 unspecified atom stereocenters. The van der Waals surface area contributed by atoms with E-state index in [9.17, 15) is 24.8 Å². The highest BCUT2D eigenvalue weighted by Gasteiger charge is 2.42. The monoisotopic (exact) mass is 453 g/mol. The van der Waals surface area contributed by atoms with Gasteiger partial charge in [-0.3, -0.25) is 19.6 Å². The van der Waals surface area contributed by atoms with Gasteiger partial charge in [0.1, 0.15) is 11.4 Å². The third kappa shape index (κ3) is 3.75. The third-order valence-electron chi connectivity index (χ3n) is 6.96. The summed E-state index contributed by atoms with van der Waals surface area (Å²) in [4.78, 5) is 42.1. The van der Waals surface area contributed by atoms with Gasteiger partial charge in [0, 0.05) is 49.9 Å². The SMILES string of the molecule is COc1ccc(N2CC(C(=O)N3CC4CC(C3)c3ccc(N([O-])O)c(=O)n3C4)CC2=O)cc1. The Morgan fingerprint density at radius 3 is 2.55 bits per heavy atom. The molecule has 0 radical (unpaired) electrons. The van der Waals surface area contributed by atoms with Gasteiger partial charge in [0.25, 0.3) is 5.56 Å². The number of carbonyl (C=O) groups excluding carboxylic acids is 2. The quantitative estimate of drug-likeness (QED) is 0.698. The average Bonchev–Trinajstić information content (AvgIpc) is 3.20. The van der Waals surface area contributed by atoms with Crippen molar-refractivity contribution in [2.75, 3.05) is 36.9 Å². The molecule has 2 bridgehead atoms. The number of carbonyl (C=O) groups is 2. The number of methoxy groups -OCH3 is 1. The number of ether oxygens (including phenoxy) is 1. The molecule has 3 aliphatic heterocycles. The Kier molecular flexibility index (Phi) is 5.34. The van der Waals surface area contributed by atoms with E-state index in [1.807, 2.05) is 17.0 Å². The van der Waals surface area contributed by atoms with Crippen LogP contribution in [-0.2, 0) is 16.1 Å². The first-order valence-corrected chi connectivity index (χ1v) is 11.0. The number of likely N-dealkylation sites (tertiary alicyclic amines) is 1. The molecule has 5 rings (SSSR count). The van der Waals surface area contributed by atoms with Gasteiger partial charge in [-0.1, -0.05) is 0 Å². The molecule has 2 amide bonds. The number of pyridine rings is 1. The number of amides is 2. The molecule has 10 heteroatoms. The van der Waals surface area contributed by atoms with Crippen LogP contribution in [0.2, 0.25) is 0 Å². The molecular formula is C23H25N4O6-. The number of rotatable bonds is 4. The summed E-state index contributed by atoms with van der Waals surface area (Å²) in [6.07, 6.45) is 1.02. The Hall–Kier alpha value is -3.37. The lowest BCUT2D eigenvalue weighted by Crippen LogP contribution is -2.51. The van der Waals surface area contributed by atoms with Gasteiger partial charge in [0.15, 0.2) is 0 Å². The minimum absolute atomic E-state index is 0.0307. The molecule has 2 aromatic rings. The van der Waals surface area contributed by atoms with E-state index in [1.165, 1.54) is 6.07 Å². The highest BCUT2D eigenvalue weighted by Crippen LogP contribution is 2.37. The van der Waals surface area contributed by atoms with Crippen LogP contribution in [0.15, 0.2) is 41.2 Å². The van der Waals surface area contributed by atoms with Gasteiger partial charge in [0.05, 0.1) is 13.0 Å². The molecule has 4 heterocycles. The first-order chi connectivity index (χ1) is 15.9. The second-order valence-corrected chi connectivity index (χ2v) is 8.98. The maximum Gasteiger partial charge on any atom is 0.275 e. The Bertz CT molecular complexity index is 1140. The van der Waals surface area contributed by atoms with Crippen molar-refractivity contribution in [3.8, 4) is 5.75 Å². The molecule has 0 aliphatic carbocycles. The van der Waals surface area contributed by atoms with Crippen molar-refractivity contribution < 1.29 is 19.5 Å². The highest BCUT2D eigenvalue weighted by molar-refractivity contribution is 6.00. The molecule has 3 aliphatic rings. The van der Waals surface area contributed by atoms with Gasteiger partial charge in [-0.2, -0.15) is 0 Å².